The summed E-state index contributed by atoms with van der Waals surface area (Å²) >= 11 is 0. The maximum absolute atomic E-state index is 10.5. The van der Waals surface area contributed by atoms with Crippen LogP contribution in [0.3, 0.4) is 0 Å². The molecule has 2 unspecified atom stereocenters. The molecule has 2 aliphatic rings. The zero-order valence-corrected chi connectivity index (χ0v) is 17.6. The summed E-state index contributed by atoms with van der Waals surface area (Å²) in [5.41, 5.74) is 0. The van der Waals surface area contributed by atoms with Gasteiger partial charge in [0.05, 0.1) is 13.2 Å². The molecule has 2 aliphatic heterocycles. The van der Waals surface area contributed by atoms with Crippen LogP contribution in [0, 0.1) is 0 Å². The van der Waals surface area contributed by atoms with E-state index in [4.69, 9.17) is 5.11 Å². The van der Waals surface area contributed by atoms with Gasteiger partial charge in [-0.05, 0) is 55.1 Å². The van der Waals surface area contributed by atoms with Gasteiger partial charge in [-0.1, -0.05) is 0 Å². The molecule has 26 heavy (non-hydrogen) atoms. The monoisotopic (exact) mass is 372 g/mol. The number of aliphatic hydroxyl groups excluding tert-OH is 1. The first-order valence-corrected chi connectivity index (χ1v) is 9.59. The third-order valence-electron chi connectivity index (χ3n) is 4.97. The summed E-state index contributed by atoms with van der Waals surface area (Å²) in [6.07, 6.45) is 3.95. The number of nitrogens with zero attached hydrogens (tertiary/aromatic N) is 6. The largest absolute Gasteiger partial charge is 0.395 e. The summed E-state index contributed by atoms with van der Waals surface area (Å²) in [6, 6.07) is 0. The first-order valence-electron chi connectivity index (χ1n) is 9.59. The van der Waals surface area contributed by atoms with Gasteiger partial charge >= 0.3 is 0 Å². The molecule has 2 saturated heterocycles. The van der Waals surface area contributed by atoms with Crippen molar-refractivity contribution in [2.24, 2.45) is 0 Å². The minimum atomic E-state index is 0.248. The van der Waals surface area contributed by atoms with Gasteiger partial charge in [-0.25, -0.2) is 0 Å². The molecule has 0 amide bonds. The fourth-order valence-corrected chi connectivity index (χ4v) is 4.14. The second-order valence-corrected chi connectivity index (χ2v) is 7.71. The van der Waals surface area contributed by atoms with E-state index in [-0.39, 0.29) is 12.9 Å². The summed E-state index contributed by atoms with van der Waals surface area (Å²) in [6.45, 7) is 5.92. The molecule has 0 aromatic carbocycles. The average molecular weight is 373 g/mol. The van der Waals surface area contributed by atoms with E-state index < -0.39 is 0 Å². The smallest absolute Gasteiger partial charge is 0.134 e. The van der Waals surface area contributed by atoms with Crippen LogP contribution in [0.2, 0.25) is 0 Å². The van der Waals surface area contributed by atoms with Gasteiger partial charge in [-0.3, -0.25) is 29.4 Å². The number of hydrogen-bond acceptors (Lipinski definition) is 8. The minimum absolute atomic E-state index is 0.248. The molecule has 0 aromatic rings. The highest BCUT2D eigenvalue weighted by molar-refractivity contribution is 5.52. The van der Waals surface area contributed by atoms with Crippen molar-refractivity contribution in [3.8, 4) is 0 Å². The van der Waals surface area contributed by atoms with Gasteiger partial charge in [0.25, 0.3) is 0 Å². The van der Waals surface area contributed by atoms with Crippen LogP contribution in [0.25, 0.3) is 0 Å². The van der Waals surface area contributed by atoms with Gasteiger partial charge in [0.2, 0.25) is 0 Å². The second-order valence-electron chi connectivity index (χ2n) is 7.71. The average Bonchev–Trinajstić information content (AvgIpc) is 2.55. The first kappa shape index (κ1) is 23.4. The van der Waals surface area contributed by atoms with Crippen LogP contribution in [-0.2, 0) is 4.79 Å². The van der Waals surface area contributed by atoms with E-state index >= 15 is 0 Å². The van der Waals surface area contributed by atoms with Crippen molar-refractivity contribution in [2.75, 3.05) is 88.2 Å². The third kappa shape index (κ3) is 6.84. The number of carbonyl (C=O) groups excluding carboxylic acids is 1. The Morgan fingerprint density at radius 2 is 1.35 bits per heavy atom. The van der Waals surface area contributed by atoms with Gasteiger partial charge in [0, 0.05) is 32.7 Å². The summed E-state index contributed by atoms with van der Waals surface area (Å²) in [5, 5.41) is 8.93. The molecule has 0 spiro atoms. The molecule has 8 heteroatoms. The predicted octanol–water partition coefficient (Wildman–Crippen LogP) is -0.871. The third-order valence-corrected chi connectivity index (χ3v) is 4.97. The Balaban J connectivity index is 0.000000260. The van der Waals surface area contributed by atoms with Gasteiger partial charge in [0.1, 0.15) is 18.9 Å². The van der Waals surface area contributed by atoms with E-state index in [1.807, 2.05) is 14.1 Å². The second kappa shape index (κ2) is 12.0. The molecule has 154 valence electrons. The quantitative estimate of drug-likeness (QED) is 0.604. The zero-order valence-electron chi connectivity index (χ0n) is 17.6. The molecule has 0 saturated carbocycles. The maximum atomic E-state index is 10.5. The molecule has 0 radical (unpaired) electrons. The Labute approximate surface area is 159 Å². The van der Waals surface area contributed by atoms with Gasteiger partial charge in [-0.2, -0.15) is 0 Å². The molecule has 8 nitrogen and oxygen atoms in total. The minimum Gasteiger partial charge on any atom is -0.395 e. The molecular weight excluding hydrogens is 332 g/mol. The summed E-state index contributed by atoms with van der Waals surface area (Å²) < 4.78 is 0. The summed E-state index contributed by atoms with van der Waals surface area (Å²) in [7, 11) is 12.5. The number of aliphatic hydroxyl groups is 1. The Hall–Kier alpha value is -0.610. The molecule has 0 aromatic heterocycles. The van der Waals surface area contributed by atoms with E-state index in [9.17, 15) is 4.79 Å². The fraction of sp³-hybridized carbons (Fsp3) is 0.944. The zero-order chi connectivity index (χ0) is 19.7. The molecule has 2 rings (SSSR count). The normalized spacial score (nSPS) is 26.8. The fourth-order valence-electron chi connectivity index (χ4n) is 4.14. The Morgan fingerprint density at radius 1 is 0.885 bits per heavy atom. The van der Waals surface area contributed by atoms with Gasteiger partial charge in [-0.15, -0.1) is 0 Å². The maximum Gasteiger partial charge on any atom is 0.134 e. The van der Waals surface area contributed by atoms with Crippen molar-refractivity contribution in [1.29, 1.82) is 0 Å². The molecule has 1 N–H and O–H groups in total. The van der Waals surface area contributed by atoms with Crippen LogP contribution in [-0.4, -0.2) is 142 Å². The Morgan fingerprint density at radius 3 is 1.77 bits per heavy atom. The highest BCUT2D eigenvalue weighted by Crippen LogP contribution is 2.14. The van der Waals surface area contributed by atoms with E-state index in [0.29, 0.717) is 12.8 Å². The van der Waals surface area contributed by atoms with E-state index in [1.54, 1.807) is 0 Å². The standard InChI is InChI=1S/C9H21N3O.C9H19N3O/c2*1-10(2)9-11(3)5-4-6-12(9)7-8-13/h9,13H,4-8H2,1-3H3;8-9H,4-7H2,1-3H3. The molecule has 0 bridgehead atoms. The van der Waals surface area contributed by atoms with E-state index in [0.717, 1.165) is 45.4 Å². The molecule has 0 aliphatic carbocycles. The van der Waals surface area contributed by atoms with Crippen molar-refractivity contribution in [3.63, 3.8) is 0 Å². The highest BCUT2D eigenvalue weighted by atomic mass is 16.3. The van der Waals surface area contributed by atoms with Crippen LogP contribution in [0.4, 0.5) is 0 Å². The van der Waals surface area contributed by atoms with Crippen LogP contribution >= 0.6 is 0 Å². The van der Waals surface area contributed by atoms with Crippen LogP contribution < -0.4 is 0 Å². The van der Waals surface area contributed by atoms with Crippen molar-refractivity contribution < 1.29 is 9.90 Å². The summed E-state index contributed by atoms with van der Waals surface area (Å²) in [5.74, 6) is 0. The highest BCUT2D eigenvalue weighted by Gasteiger charge is 2.28. The Bertz CT molecular complexity index is 394. The number of rotatable bonds is 6. The topological polar surface area (TPSA) is 56.7 Å². The lowest BCUT2D eigenvalue weighted by Gasteiger charge is -2.45. The number of β-amino-alcohol motifs (C(OH)–C–C–N with tert-alkyl or cyclic N) is 1. The number of hydrogen-bond donors (Lipinski definition) is 1. The van der Waals surface area contributed by atoms with Crippen molar-refractivity contribution >= 4 is 6.29 Å². The molecule has 2 fully saturated rings. The van der Waals surface area contributed by atoms with Crippen molar-refractivity contribution in [2.45, 2.75) is 25.4 Å². The van der Waals surface area contributed by atoms with Crippen LogP contribution in [0.5, 0.6) is 0 Å². The first-order chi connectivity index (χ1) is 12.3. The molecule has 2 heterocycles. The molecular formula is C18H40N6O2. The summed E-state index contributed by atoms with van der Waals surface area (Å²) in [4.78, 5) is 23.9. The lowest BCUT2D eigenvalue weighted by molar-refractivity contribution is -0.115. The lowest BCUT2D eigenvalue weighted by Crippen LogP contribution is -2.59. The van der Waals surface area contributed by atoms with E-state index in [2.05, 4.69) is 57.6 Å². The Kier molecular flexibility index (Phi) is 10.8. The number of aldehydes is 1. The van der Waals surface area contributed by atoms with Crippen LogP contribution in [0.15, 0.2) is 0 Å². The van der Waals surface area contributed by atoms with Crippen molar-refractivity contribution in [1.82, 2.24) is 29.4 Å². The van der Waals surface area contributed by atoms with Crippen molar-refractivity contribution in [3.05, 3.63) is 0 Å². The number of carbonyl (C=O) groups is 1. The van der Waals surface area contributed by atoms with Gasteiger partial charge < -0.3 is 9.90 Å². The lowest BCUT2D eigenvalue weighted by atomic mass is 10.2. The van der Waals surface area contributed by atoms with Gasteiger partial charge in [0.15, 0.2) is 0 Å². The van der Waals surface area contributed by atoms with Crippen LogP contribution in [0.1, 0.15) is 12.8 Å². The SMILES string of the molecule is CN(C)C1N(C)CCCN1CC=O.CN(C)C1N(C)CCCN1CCO. The van der Waals surface area contributed by atoms with E-state index in [1.165, 1.54) is 6.42 Å². The molecule has 2 atom stereocenters. The predicted molar refractivity (Wildman–Crippen MR) is 106 cm³/mol.